The third kappa shape index (κ3) is 2.22. The number of pyridine rings is 1. The van der Waals surface area contributed by atoms with Crippen LogP contribution >= 0.6 is 0 Å². The number of likely N-dealkylation sites (tertiary alicyclic amines) is 1. The Morgan fingerprint density at radius 1 is 1.50 bits per heavy atom. The maximum absolute atomic E-state index is 11.7. The molecule has 0 bridgehead atoms. The molecular weight excluding hydrogens is 236 g/mol. The van der Waals surface area contributed by atoms with E-state index >= 15 is 0 Å². The maximum atomic E-state index is 11.7. The summed E-state index contributed by atoms with van der Waals surface area (Å²) in [7, 11) is 0. The molecule has 0 spiro atoms. The highest BCUT2D eigenvalue weighted by Crippen LogP contribution is 2.20. The molecule has 1 aromatic rings. The molecule has 1 aliphatic heterocycles. The number of aromatic carboxylic acids is 1. The SMILES string of the molecule is CC1CC(=O)N(Cc2ccc(C(=O)O)nc2)C1=O. The van der Waals surface area contributed by atoms with Gasteiger partial charge in [0.1, 0.15) is 5.69 Å². The minimum Gasteiger partial charge on any atom is -0.477 e. The fourth-order valence-corrected chi connectivity index (χ4v) is 1.84. The number of carbonyl (C=O) groups is 3. The first-order valence-electron chi connectivity index (χ1n) is 5.51. The van der Waals surface area contributed by atoms with Crippen molar-refractivity contribution >= 4 is 17.8 Å². The van der Waals surface area contributed by atoms with Gasteiger partial charge in [0.2, 0.25) is 11.8 Å². The summed E-state index contributed by atoms with van der Waals surface area (Å²) in [4.78, 5) is 38.8. The largest absolute Gasteiger partial charge is 0.477 e. The molecule has 0 saturated carbocycles. The fraction of sp³-hybridized carbons (Fsp3) is 0.333. The van der Waals surface area contributed by atoms with Crippen molar-refractivity contribution < 1.29 is 19.5 Å². The molecule has 0 aliphatic carbocycles. The van der Waals surface area contributed by atoms with Crippen LogP contribution < -0.4 is 0 Å². The van der Waals surface area contributed by atoms with Crippen LogP contribution in [0.3, 0.4) is 0 Å². The topological polar surface area (TPSA) is 87.6 Å². The summed E-state index contributed by atoms with van der Waals surface area (Å²) in [6.45, 7) is 1.86. The van der Waals surface area contributed by atoms with Crippen LogP contribution in [-0.2, 0) is 16.1 Å². The standard InChI is InChI=1S/C12H12N2O4/c1-7-4-10(15)14(11(7)16)6-8-2-3-9(12(17)18)13-5-8/h2-3,5,7H,4,6H2,1H3,(H,17,18). The summed E-state index contributed by atoms with van der Waals surface area (Å²) in [5.74, 6) is -1.77. The van der Waals surface area contributed by atoms with Crippen molar-refractivity contribution in [3.63, 3.8) is 0 Å². The van der Waals surface area contributed by atoms with Gasteiger partial charge in [-0.15, -0.1) is 0 Å². The molecule has 2 rings (SSSR count). The van der Waals surface area contributed by atoms with Crippen LogP contribution in [0.25, 0.3) is 0 Å². The number of carboxylic acids is 1. The molecule has 2 amide bonds. The van der Waals surface area contributed by atoms with Crippen LogP contribution in [0.15, 0.2) is 18.3 Å². The molecule has 1 fully saturated rings. The van der Waals surface area contributed by atoms with Gasteiger partial charge < -0.3 is 5.11 Å². The molecule has 1 N–H and O–H groups in total. The summed E-state index contributed by atoms with van der Waals surface area (Å²) >= 11 is 0. The first-order valence-corrected chi connectivity index (χ1v) is 5.51. The van der Waals surface area contributed by atoms with Gasteiger partial charge in [0.25, 0.3) is 0 Å². The summed E-state index contributed by atoms with van der Waals surface area (Å²) in [5.41, 5.74) is 0.571. The van der Waals surface area contributed by atoms with Crippen LogP contribution in [-0.4, -0.2) is 32.8 Å². The molecule has 6 nitrogen and oxygen atoms in total. The number of carbonyl (C=O) groups excluding carboxylic acids is 2. The van der Waals surface area contributed by atoms with E-state index in [0.717, 1.165) is 0 Å². The van der Waals surface area contributed by atoms with Gasteiger partial charge in [-0.05, 0) is 11.6 Å². The van der Waals surface area contributed by atoms with Gasteiger partial charge >= 0.3 is 5.97 Å². The van der Waals surface area contributed by atoms with Crippen LogP contribution in [0.4, 0.5) is 0 Å². The zero-order chi connectivity index (χ0) is 13.3. The van der Waals surface area contributed by atoms with Crippen molar-refractivity contribution in [3.05, 3.63) is 29.6 Å². The van der Waals surface area contributed by atoms with Gasteiger partial charge in [-0.1, -0.05) is 13.0 Å². The van der Waals surface area contributed by atoms with Crippen LogP contribution in [0.2, 0.25) is 0 Å². The van der Waals surface area contributed by atoms with Gasteiger partial charge in [-0.3, -0.25) is 14.5 Å². The summed E-state index contributed by atoms with van der Waals surface area (Å²) in [6, 6.07) is 2.91. The van der Waals surface area contributed by atoms with Gasteiger partial charge in [-0.25, -0.2) is 9.78 Å². The number of imide groups is 1. The molecule has 0 radical (unpaired) electrons. The van der Waals surface area contributed by atoms with E-state index in [1.807, 2.05) is 0 Å². The van der Waals surface area contributed by atoms with Crippen molar-refractivity contribution in [2.24, 2.45) is 5.92 Å². The van der Waals surface area contributed by atoms with Crippen molar-refractivity contribution in [3.8, 4) is 0 Å². The fourth-order valence-electron chi connectivity index (χ4n) is 1.84. The number of nitrogens with zero attached hydrogens (tertiary/aromatic N) is 2. The lowest BCUT2D eigenvalue weighted by atomic mass is 10.1. The third-order valence-corrected chi connectivity index (χ3v) is 2.85. The first kappa shape index (κ1) is 12.2. The Labute approximate surface area is 103 Å². The van der Waals surface area contributed by atoms with Gasteiger partial charge in [0.15, 0.2) is 0 Å². The molecule has 1 aliphatic rings. The Hall–Kier alpha value is -2.24. The predicted molar refractivity (Wildman–Crippen MR) is 60.5 cm³/mol. The Kier molecular flexibility index (Phi) is 3.10. The molecular formula is C12H12N2O4. The minimum atomic E-state index is -1.11. The zero-order valence-electron chi connectivity index (χ0n) is 9.79. The molecule has 2 heterocycles. The van der Waals surface area contributed by atoms with Crippen LogP contribution in [0.5, 0.6) is 0 Å². The number of aromatic nitrogens is 1. The average molecular weight is 248 g/mol. The Morgan fingerprint density at radius 2 is 2.22 bits per heavy atom. The lowest BCUT2D eigenvalue weighted by molar-refractivity contribution is -0.139. The lowest BCUT2D eigenvalue weighted by Gasteiger charge is -2.13. The number of amides is 2. The normalized spacial score (nSPS) is 19.4. The molecule has 1 atom stereocenters. The second-order valence-electron chi connectivity index (χ2n) is 4.28. The van der Waals surface area contributed by atoms with E-state index in [1.54, 1.807) is 13.0 Å². The molecule has 6 heteroatoms. The Balaban J connectivity index is 2.12. The molecule has 1 saturated heterocycles. The Bertz CT molecular complexity index is 509. The summed E-state index contributed by atoms with van der Waals surface area (Å²) in [6.07, 6.45) is 1.60. The highest BCUT2D eigenvalue weighted by atomic mass is 16.4. The van der Waals surface area contributed by atoms with Gasteiger partial charge in [-0.2, -0.15) is 0 Å². The van der Waals surface area contributed by atoms with Gasteiger partial charge in [0.05, 0.1) is 6.54 Å². The quantitative estimate of drug-likeness (QED) is 0.794. The molecule has 0 aromatic carbocycles. The number of hydrogen-bond acceptors (Lipinski definition) is 4. The van der Waals surface area contributed by atoms with E-state index < -0.39 is 5.97 Å². The molecule has 18 heavy (non-hydrogen) atoms. The molecule has 94 valence electrons. The maximum Gasteiger partial charge on any atom is 0.354 e. The van der Waals surface area contributed by atoms with E-state index in [9.17, 15) is 14.4 Å². The summed E-state index contributed by atoms with van der Waals surface area (Å²) in [5, 5.41) is 8.70. The predicted octanol–water partition coefficient (Wildman–Crippen LogP) is 0.675. The van der Waals surface area contributed by atoms with Crippen molar-refractivity contribution in [2.75, 3.05) is 0 Å². The van der Waals surface area contributed by atoms with E-state index in [4.69, 9.17) is 5.11 Å². The van der Waals surface area contributed by atoms with E-state index in [1.165, 1.54) is 17.2 Å². The van der Waals surface area contributed by atoms with Crippen molar-refractivity contribution in [2.45, 2.75) is 19.9 Å². The smallest absolute Gasteiger partial charge is 0.354 e. The average Bonchev–Trinajstić information content (AvgIpc) is 2.57. The lowest BCUT2D eigenvalue weighted by Crippen LogP contribution is -2.29. The Morgan fingerprint density at radius 3 is 2.67 bits per heavy atom. The molecule has 1 unspecified atom stereocenters. The van der Waals surface area contributed by atoms with E-state index in [0.29, 0.717) is 5.56 Å². The summed E-state index contributed by atoms with van der Waals surface area (Å²) < 4.78 is 0. The minimum absolute atomic E-state index is 0.0637. The van der Waals surface area contributed by atoms with Crippen molar-refractivity contribution in [1.29, 1.82) is 0 Å². The third-order valence-electron chi connectivity index (χ3n) is 2.85. The number of hydrogen-bond donors (Lipinski definition) is 1. The highest BCUT2D eigenvalue weighted by Gasteiger charge is 2.35. The second-order valence-corrected chi connectivity index (χ2v) is 4.28. The monoisotopic (exact) mass is 248 g/mol. The number of carboxylic acid groups (broad SMARTS) is 1. The van der Waals surface area contributed by atoms with Crippen LogP contribution in [0.1, 0.15) is 29.4 Å². The first-order chi connectivity index (χ1) is 8.49. The second kappa shape index (κ2) is 4.56. The number of rotatable bonds is 3. The van der Waals surface area contributed by atoms with E-state index in [2.05, 4.69) is 4.98 Å². The zero-order valence-corrected chi connectivity index (χ0v) is 9.79. The van der Waals surface area contributed by atoms with Crippen molar-refractivity contribution in [1.82, 2.24) is 9.88 Å². The highest BCUT2D eigenvalue weighted by molar-refractivity contribution is 6.03. The van der Waals surface area contributed by atoms with Gasteiger partial charge in [0, 0.05) is 18.5 Å². The van der Waals surface area contributed by atoms with Crippen LogP contribution in [0, 0.1) is 5.92 Å². The van der Waals surface area contributed by atoms with E-state index in [-0.39, 0.29) is 36.4 Å². The molecule has 1 aromatic heterocycles.